The number of benzene rings is 2. The minimum atomic E-state index is -4.16. The largest absolute Gasteiger partial charge is 0.475 e. The van der Waals surface area contributed by atoms with E-state index in [2.05, 4.69) is 0 Å². The summed E-state index contributed by atoms with van der Waals surface area (Å²) in [5, 5.41) is 0. The molecule has 0 saturated carbocycles. The van der Waals surface area contributed by atoms with Gasteiger partial charge in [-0.05, 0) is 25.0 Å². The van der Waals surface area contributed by atoms with Gasteiger partial charge in [0.25, 0.3) is 6.43 Å². The maximum absolute atomic E-state index is 13.3. The van der Waals surface area contributed by atoms with Crippen molar-refractivity contribution in [1.82, 2.24) is 0 Å². The number of halogens is 2. The molecule has 0 amide bonds. The fourth-order valence-electron chi connectivity index (χ4n) is 3.05. The Morgan fingerprint density at radius 3 is 1.91 bits per heavy atom. The predicted molar refractivity (Wildman–Crippen MR) is 111 cm³/mol. The quantitative estimate of drug-likeness (QED) is 0.432. The maximum atomic E-state index is 13.3. The van der Waals surface area contributed by atoms with E-state index in [0.717, 1.165) is 11.1 Å². The van der Waals surface area contributed by atoms with Crippen LogP contribution in [-0.4, -0.2) is 36.8 Å². The van der Waals surface area contributed by atoms with Crippen molar-refractivity contribution in [2.45, 2.75) is 51.5 Å². The van der Waals surface area contributed by atoms with E-state index < -0.39 is 44.6 Å². The van der Waals surface area contributed by atoms with Gasteiger partial charge in [0.1, 0.15) is 6.10 Å². The molecule has 0 bridgehead atoms. The summed E-state index contributed by atoms with van der Waals surface area (Å²) in [7, 11) is -4.16. The number of carbonyl (C=O) groups is 1. The van der Waals surface area contributed by atoms with Crippen LogP contribution in [0.15, 0.2) is 60.7 Å². The fraction of sp³-hybridized carbons (Fsp3) is 0.409. The van der Waals surface area contributed by atoms with Gasteiger partial charge in [-0.15, -0.1) is 0 Å². The Bertz CT molecular complexity index is 877. The molecular weight excluding hydrogens is 445 g/mol. The number of ketones is 1. The van der Waals surface area contributed by atoms with Gasteiger partial charge >= 0.3 is 7.82 Å². The molecule has 32 heavy (non-hydrogen) atoms. The third kappa shape index (κ3) is 7.00. The Balaban J connectivity index is 1.70. The number of phosphoric acid groups is 1. The monoisotopic (exact) mass is 470 g/mol. The highest BCUT2D eigenvalue weighted by Gasteiger charge is 2.48. The lowest BCUT2D eigenvalue weighted by Crippen LogP contribution is -2.38. The maximum Gasteiger partial charge on any atom is 0.475 e. The Morgan fingerprint density at radius 1 is 0.938 bits per heavy atom. The van der Waals surface area contributed by atoms with Gasteiger partial charge in [0, 0.05) is 0 Å². The second-order valence-corrected chi connectivity index (χ2v) is 9.23. The number of carbonyl (C=O) groups excluding carboxylic acids is 1. The summed E-state index contributed by atoms with van der Waals surface area (Å²) in [6.45, 7) is 2.32. The van der Waals surface area contributed by atoms with Crippen LogP contribution < -0.4 is 0 Å². The van der Waals surface area contributed by atoms with Crippen molar-refractivity contribution in [3.8, 4) is 0 Å². The van der Waals surface area contributed by atoms with Crippen LogP contribution in [0.5, 0.6) is 0 Å². The molecule has 0 radical (unpaired) electrons. The standard InChI is InChI=1S/C22H25F2O7P/c1-22(2)30-18(20(31-22)19(25)21(23)24)15-29-32(26,27-13-16-9-5-3-6-10-16)28-14-17-11-7-4-8-12-17/h3-12,18,20-21H,13-15H2,1-2H3/t18-,20+/m1/s1. The highest BCUT2D eigenvalue weighted by Crippen LogP contribution is 2.51. The molecule has 3 rings (SSSR count). The van der Waals surface area contributed by atoms with Crippen LogP contribution in [0.1, 0.15) is 25.0 Å². The third-order valence-corrected chi connectivity index (χ3v) is 5.90. The zero-order valence-corrected chi connectivity index (χ0v) is 18.6. The van der Waals surface area contributed by atoms with Gasteiger partial charge in [0.2, 0.25) is 5.78 Å². The molecule has 174 valence electrons. The Labute approximate surface area is 185 Å². The Kier molecular flexibility index (Phi) is 8.27. The van der Waals surface area contributed by atoms with Crippen molar-refractivity contribution in [3.63, 3.8) is 0 Å². The minimum absolute atomic E-state index is 0.0696. The van der Waals surface area contributed by atoms with E-state index in [0.29, 0.717) is 0 Å². The first-order valence-corrected chi connectivity index (χ1v) is 11.4. The van der Waals surface area contributed by atoms with Crippen LogP contribution in [-0.2, 0) is 45.6 Å². The van der Waals surface area contributed by atoms with Gasteiger partial charge in [0.15, 0.2) is 11.9 Å². The van der Waals surface area contributed by atoms with Crippen molar-refractivity contribution in [2.75, 3.05) is 6.61 Å². The van der Waals surface area contributed by atoms with Crippen LogP contribution in [0, 0.1) is 0 Å². The number of alkyl halides is 2. The van der Waals surface area contributed by atoms with E-state index in [4.69, 9.17) is 23.0 Å². The number of Topliss-reactive ketones (excluding diaryl/α,β-unsaturated/α-hetero) is 1. The first kappa shape index (κ1) is 24.6. The lowest BCUT2D eigenvalue weighted by atomic mass is 10.1. The summed E-state index contributed by atoms with van der Waals surface area (Å²) in [6, 6.07) is 17.9. The normalized spacial score (nSPS) is 20.5. The molecule has 0 spiro atoms. The SMILES string of the molecule is CC1(C)O[C@H](C(=O)C(F)F)[C@@H](COP(=O)(OCc2ccccc2)OCc2ccccc2)O1. The van der Waals surface area contributed by atoms with Crippen molar-refractivity contribution >= 4 is 13.6 Å². The summed E-state index contributed by atoms with van der Waals surface area (Å²) >= 11 is 0. The molecular formula is C22H25F2O7P. The molecule has 7 nitrogen and oxygen atoms in total. The van der Waals surface area contributed by atoms with Crippen molar-refractivity contribution in [2.24, 2.45) is 0 Å². The van der Waals surface area contributed by atoms with Gasteiger partial charge in [-0.2, -0.15) is 0 Å². The molecule has 1 heterocycles. The number of hydrogen-bond donors (Lipinski definition) is 0. The summed E-state index contributed by atoms with van der Waals surface area (Å²) in [5.41, 5.74) is 1.46. The summed E-state index contributed by atoms with van der Waals surface area (Å²) < 4.78 is 66.4. The van der Waals surface area contributed by atoms with Gasteiger partial charge in [0.05, 0.1) is 19.8 Å². The smallest absolute Gasteiger partial charge is 0.342 e. The first-order valence-electron chi connectivity index (χ1n) is 9.96. The molecule has 0 unspecified atom stereocenters. The first-order chi connectivity index (χ1) is 15.2. The average Bonchev–Trinajstić information content (AvgIpc) is 3.10. The summed E-state index contributed by atoms with van der Waals surface area (Å²) in [5.74, 6) is -2.72. The van der Waals surface area contributed by atoms with E-state index in [9.17, 15) is 18.1 Å². The van der Waals surface area contributed by atoms with E-state index in [1.54, 1.807) is 48.5 Å². The second-order valence-electron chi connectivity index (χ2n) is 7.56. The second kappa shape index (κ2) is 10.7. The van der Waals surface area contributed by atoms with E-state index in [-0.39, 0.29) is 13.2 Å². The van der Waals surface area contributed by atoms with Crippen LogP contribution in [0.4, 0.5) is 8.78 Å². The van der Waals surface area contributed by atoms with Crippen molar-refractivity contribution < 1.29 is 41.2 Å². The predicted octanol–water partition coefficient (Wildman–Crippen LogP) is 4.90. The number of ether oxygens (including phenoxy) is 2. The Morgan fingerprint density at radius 2 is 1.44 bits per heavy atom. The Hall–Kier alpha value is -2.00. The van der Waals surface area contributed by atoms with Gasteiger partial charge in [-0.1, -0.05) is 60.7 Å². The van der Waals surface area contributed by atoms with E-state index in [1.807, 2.05) is 12.1 Å². The highest BCUT2D eigenvalue weighted by molar-refractivity contribution is 7.48. The van der Waals surface area contributed by atoms with Gasteiger partial charge in [-0.25, -0.2) is 13.3 Å². The lowest BCUT2D eigenvalue weighted by Gasteiger charge is -2.21. The van der Waals surface area contributed by atoms with Crippen LogP contribution >= 0.6 is 7.82 Å². The summed E-state index contributed by atoms with van der Waals surface area (Å²) in [4.78, 5) is 11.8. The molecule has 0 aliphatic carbocycles. The molecule has 1 aliphatic rings. The fourth-order valence-corrected chi connectivity index (χ4v) is 4.22. The molecule has 1 aliphatic heterocycles. The van der Waals surface area contributed by atoms with Crippen LogP contribution in [0.3, 0.4) is 0 Å². The van der Waals surface area contributed by atoms with Crippen molar-refractivity contribution in [1.29, 1.82) is 0 Å². The zero-order chi connectivity index (χ0) is 23.2. The molecule has 2 atom stereocenters. The lowest BCUT2D eigenvalue weighted by molar-refractivity contribution is -0.160. The molecule has 2 aromatic carbocycles. The van der Waals surface area contributed by atoms with Gasteiger partial charge in [-0.3, -0.25) is 18.4 Å². The zero-order valence-electron chi connectivity index (χ0n) is 17.7. The van der Waals surface area contributed by atoms with Crippen LogP contribution in [0.2, 0.25) is 0 Å². The molecule has 10 heteroatoms. The minimum Gasteiger partial charge on any atom is -0.342 e. The summed E-state index contributed by atoms with van der Waals surface area (Å²) in [6.07, 6.45) is -6.02. The molecule has 1 saturated heterocycles. The average molecular weight is 470 g/mol. The third-order valence-electron chi connectivity index (χ3n) is 4.54. The van der Waals surface area contributed by atoms with Gasteiger partial charge < -0.3 is 9.47 Å². The number of hydrogen-bond acceptors (Lipinski definition) is 7. The number of phosphoric ester groups is 1. The molecule has 1 fully saturated rings. The molecule has 2 aromatic rings. The van der Waals surface area contributed by atoms with E-state index >= 15 is 0 Å². The molecule has 0 N–H and O–H groups in total. The highest BCUT2D eigenvalue weighted by atomic mass is 31.2. The van der Waals surface area contributed by atoms with E-state index in [1.165, 1.54) is 13.8 Å². The van der Waals surface area contributed by atoms with Crippen molar-refractivity contribution in [3.05, 3.63) is 71.8 Å². The topological polar surface area (TPSA) is 80.3 Å². The molecule has 0 aromatic heterocycles. The number of rotatable bonds is 11. The van der Waals surface area contributed by atoms with Crippen LogP contribution in [0.25, 0.3) is 0 Å².